The van der Waals surface area contributed by atoms with Crippen LogP contribution in [0.4, 0.5) is 5.69 Å². The normalized spacial score (nSPS) is 17.2. The second-order valence-corrected chi connectivity index (χ2v) is 6.44. The Labute approximate surface area is 149 Å². The lowest BCUT2D eigenvalue weighted by Crippen LogP contribution is -2.38. The molecule has 0 atom stereocenters. The third-order valence-corrected chi connectivity index (χ3v) is 4.44. The third-order valence-electron chi connectivity index (χ3n) is 4.44. The zero-order valence-electron chi connectivity index (χ0n) is 15.0. The van der Waals surface area contributed by atoms with Gasteiger partial charge < -0.3 is 15.6 Å². The number of hydrazine groups is 1. The summed E-state index contributed by atoms with van der Waals surface area (Å²) in [5.74, 6) is 6.44. The number of hydrogen-bond acceptors (Lipinski definition) is 4. The van der Waals surface area contributed by atoms with Crippen LogP contribution in [0.5, 0.6) is 0 Å². The first-order chi connectivity index (χ1) is 12.0. The van der Waals surface area contributed by atoms with Crippen molar-refractivity contribution in [2.24, 2.45) is 16.6 Å². The largest absolute Gasteiger partial charge is 0.396 e. The molecule has 2 aromatic carbocycles. The molecule has 0 aliphatic carbocycles. The van der Waals surface area contributed by atoms with Crippen molar-refractivity contribution in [3.8, 4) is 0 Å². The van der Waals surface area contributed by atoms with Gasteiger partial charge >= 0.3 is 0 Å². The maximum atomic E-state index is 6.64. The molecule has 0 saturated carbocycles. The SMILES string of the molecule is CN=CN1Cc2ccccc2/C(N)=C(/N(N)C(C)C)c2ccccc21. The van der Waals surface area contributed by atoms with Crippen LogP contribution in [-0.2, 0) is 6.54 Å². The lowest BCUT2D eigenvalue weighted by atomic mass is 9.96. The van der Waals surface area contributed by atoms with Gasteiger partial charge in [0, 0.05) is 30.8 Å². The number of nitrogens with zero attached hydrogens (tertiary/aromatic N) is 3. The minimum atomic E-state index is 0.112. The summed E-state index contributed by atoms with van der Waals surface area (Å²) in [6.07, 6.45) is 1.85. The average molecular weight is 335 g/mol. The molecule has 0 unspecified atom stereocenters. The Morgan fingerprint density at radius 2 is 1.72 bits per heavy atom. The fourth-order valence-corrected chi connectivity index (χ4v) is 3.17. The summed E-state index contributed by atoms with van der Waals surface area (Å²) in [6.45, 7) is 4.81. The highest BCUT2D eigenvalue weighted by atomic mass is 15.4. The molecular formula is C20H25N5. The van der Waals surface area contributed by atoms with Gasteiger partial charge in [0.05, 0.1) is 23.4 Å². The molecule has 1 aliphatic heterocycles. The van der Waals surface area contributed by atoms with Crippen molar-refractivity contribution in [2.75, 3.05) is 11.9 Å². The number of benzene rings is 2. The quantitative estimate of drug-likeness (QED) is 0.391. The molecule has 0 amide bonds. The first kappa shape index (κ1) is 17.0. The summed E-state index contributed by atoms with van der Waals surface area (Å²) < 4.78 is 0. The predicted octanol–water partition coefficient (Wildman–Crippen LogP) is 3.03. The molecule has 1 heterocycles. The van der Waals surface area contributed by atoms with Crippen LogP contribution >= 0.6 is 0 Å². The van der Waals surface area contributed by atoms with Gasteiger partial charge in [0.1, 0.15) is 0 Å². The van der Waals surface area contributed by atoms with E-state index in [9.17, 15) is 0 Å². The monoisotopic (exact) mass is 335 g/mol. The number of anilines is 1. The van der Waals surface area contributed by atoms with E-state index in [-0.39, 0.29) is 6.04 Å². The van der Waals surface area contributed by atoms with Crippen LogP contribution in [0.2, 0.25) is 0 Å². The highest BCUT2D eigenvalue weighted by Crippen LogP contribution is 2.36. The van der Waals surface area contributed by atoms with Crippen LogP contribution in [0.3, 0.4) is 0 Å². The van der Waals surface area contributed by atoms with E-state index >= 15 is 0 Å². The van der Waals surface area contributed by atoms with E-state index in [0.29, 0.717) is 12.2 Å². The first-order valence-corrected chi connectivity index (χ1v) is 8.45. The van der Waals surface area contributed by atoms with Crippen molar-refractivity contribution in [2.45, 2.75) is 26.4 Å². The highest BCUT2D eigenvalue weighted by molar-refractivity contribution is 5.97. The highest BCUT2D eigenvalue weighted by Gasteiger charge is 2.25. The predicted molar refractivity (Wildman–Crippen MR) is 106 cm³/mol. The number of para-hydroxylation sites is 1. The van der Waals surface area contributed by atoms with Gasteiger partial charge in [-0.1, -0.05) is 42.5 Å². The zero-order chi connectivity index (χ0) is 18.0. The minimum Gasteiger partial charge on any atom is -0.396 e. The van der Waals surface area contributed by atoms with Crippen LogP contribution in [-0.4, -0.2) is 24.4 Å². The van der Waals surface area contributed by atoms with Crippen LogP contribution in [0.25, 0.3) is 11.4 Å². The second-order valence-electron chi connectivity index (χ2n) is 6.44. The maximum Gasteiger partial charge on any atom is 0.0894 e. The van der Waals surface area contributed by atoms with E-state index in [4.69, 9.17) is 11.6 Å². The Kier molecular flexibility index (Phi) is 4.76. The molecule has 0 aromatic heterocycles. The van der Waals surface area contributed by atoms with E-state index in [1.807, 2.05) is 36.7 Å². The van der Waals surface area contributed by atoms with Crippen molar-refractivity contribution in [3.63, 3.8) is 0 Å². The molecule has 5 heteroatoms. The summed E-state index contributed by atoms with van der Waals surface area (Å²) >= 11 is 0. The number of aliphatic imine (C=N–C) groups is 1. The number of nitrogens with two attached hydrogens (primary N) is 2. The molecule has 2 aromatic rings. The summed E-state index contributed by atoms with van der Waals surface area (Å²) in [4.78, 5) is 6.37. The topological polar surface area (TPSA) is 70.9 Å². The molecule has 1 aliphatic rings. The Bertz CT molecular complexity index is 822. The summed E-state index contributed by atoms with van der Waals surface area (Å²) in [6, 6.07) is 16.5. The van der Waals surface area contributed by atoms with E-state index in [1.54, 1.807) is 12.1 Å². The van der Waals surface area contributed by atoms with Gasteiger partial charge in [-0.15, -0.1) is 0 Å². The van der Waals surface area contributed by atoms with E-state index < -0.39 is 0 Å². The van der Waals surface area contributed by atoms with Crippen molar-refractivity contribution in [1.82, 2.24) is 5.01 Å². The minimum absolute atomic E-state index is 0.112. The van der Waals surface area contributed by atoms with Crippen molar-refractivity contribution in [1.29, 1.82) is 0 Å². The van der Waals surface area contributed by atoms with E-state index in [1.165, 1.54) is 0 Å². The van der Waals surface area contributed by atoms with Gasteiger partial charge in [0.2, 0.25) is 0 Å². The molecule has 5 nitrogen and oxygen atoms in total. The van der Waals surface area contributed by atoms with Gasteiger partial charge in [-0.2, -0.15) is 0 Å². The molecule has 0 bridgehead atoms. The third kappa shape index (κ3) is 3.10. The number of hydrogen-bond donors (Lipinski definition) is 2. The van der Waals surface area contributed by atoms with Gasteiger partial charge in [-0.3, -0.25) is 4.99 Å². The first-order valence-electron chi connectivity index (χ1n) is 8.45. The van der Waals surface area contributed by atoms with Crippen molar-refractivity contribution < 1.29 is 0 Å². The number of fused-ring (bicyclic) bond motifs is 2. The average Bonchev–Trinajstić information content (AvgIpc) is 2.61. The van der Waals surface area contributed by atoms with Crippen LogP contribution < -0.4 is 16.5 Å². The standard InChI is InChI=1S/C20H25N5/c1-14(2)25(22)20-17-10-6-7-11-18(17)24(13-23-3)12-15-8-4-5-9-16(15)19(20)21/h4-11,13-14H,12,21-22H2,1-3H3/b20-19-,23-13?. The summed E-state index contributed by atoms with van der Waals surface area (Å²) in [5, 5.41) is 1.75. The lowest BCUT2D eigenvalue weighted by Gasteiger charge is -2.33. The molecule has 130 valence electrons. The van der Waals surface area contributed by atoms with Gasteiger partial charge in [0.15, 0.2) is 0 Å². The molecule has 0 fully saturated rings. The van der Waals surface area contributed by atoms with E-state index in [0.717, 1.165) is 28.1 Å². The molecule has 0 spiro atoms. The maximum absolute atomic E-state index is 6.64. The molecule has 0 saturated heterocycles. The number of rotatable bonds is 3. The van der Waals surface area contributed by atoms with Gasteiger partial charge in [-0.05, 0) is 25.5 Å². The smallest absolute Gasteiger partial charge is 0.0894 e. The fourth-order valence-electron chi connectivity index (χ4n) is 3.17. The molecule has 4 N–H and O–H groups in total. The van der Waals surface area contributed by atoms with Crippen LogP contribution in [0.1, 0.15) is 30.5 Å². The van der Waals surface area contributed by atoms with Crippen molar-refractivity contribution in [3.05, 3.63) is 65.2 Å². The van der Waals surface area contributed by atoms with Crippen LogP contribution in [0.15, 0.2) is 53.5 Å². The molecule has 0 radical (unpaired) electrons. The van der Waals surface area contributed by atoms with Gasteiger partial charge in [0.25, 0.3) is 0 Å². The van der Waals surface area contributed by atoms with Crippen molar-refractivity contribution >= 4 is 23.4 Å². The Morgan fingerprint density at radius 3 is 2.40 bits per heavy atom. The van der Waals surface area contributed by atoms with Gasteiger partial charge in [-0.25, -0.2) is 5.84 Å². The van der Waals surface area contributed by atoms with E-state index in [2.05, 4.69) is 41.9 Å². The molecule has 3 rings (SSSR count). The summed E-state index contributed by atoms with van der Waals surface area (Å²) in [5.41, 5.74) is 12.4. The summed E-state index contributed by atoms with van der Waals surface area (Å²) in [7, 11) is 1.78. The molecular weight excluding hydrogens is 310 g/mol. The Hall–Kier alpha value is -2.79. The Balaban J connectivity index is 2.35. The Morgan fingerprint density at radius 1 is 1.08 bits per heavy atom. The molecule has 25 heavy (non-hydrogen) atoms. The lowest BCUT2D eigenvalue weighted by molar-refractivity contribution is 0.343. The fraction of sp³-hybridized carbons (Fsp3) is 0.250. The second kappa shape index (κ2) is 6.99. The zero-order valence-corrected chi connectivity index (χ0v) is 15.0. The van der Waals surface area contributed by atoms with Crippen LogP contribution in [0, 0.1) is 0 Å².